The topological polar surface area (TPSA) is 69.2 Å². The first-order valence-electron chi connectivity index (χ1n) is 5.09. The van der Waals surface area contributed by atoms with E-state index in [0.717, 1.165) is 12.0 Å². The van der Waals surface area contributed by atoms with Gasteiger partial charge in [-0.1, -0.05) is 19.1 Å². The molecule has 0 aliphatic heterocycles. The third-order valence-corrected chi connectivity index (χ3v) is 3.35. The Labute approximate surface area is 88.2 Å². The van der Waals surface area contributed by atoms with Crippen molar-refractivity contribution < 1.29 is 4.92 Å². The molecule has 3 unspecified atom stereocenters. The Morgan fingerprint density at radius 1 is 1.53 bits per heavy atom. The van der Waals surface area contributed by atoms with Crippen molar-refractivity contribution in [3.63, 3.8) is 0 Å². The fourth-order valence-corrected chi connectivity index (χ4v) is 2.13. The second-order valence-corrected chi connectivity index (χ2v) is 4.22. The summed E-state index contributed by atoms with van der Waals surface area (Å²) in [5, 5.41) is 10.6. The number of non-ortho nitro benzene ring substituents is 1. The lowest BCUT2D eigenvalue weighted by molar-refractivity contribution is -0.385. The number of nitro benzene ring substituents is 1. The molecule has 1 aliphatic carbocycles. The molecule has 0 heterocycles. The van der Waals surface area contributed by atoms with Crippen LogP contribution in [0.2, 0.25) is 0 Å². The molecule has 3 atom stereocenters. The highest BCUT2D eigenvalue weighted by Gasteiger charge is 2.36. The third kappa shape index (κ3) is 1.72. The van der Waals surface area contributed by atoms with E-state index in [4.69, 9.17) is 5.73 Å². The van der Waals surface area contributed by atoms with Crippen LogP contribution in [-0.2, 0) is 0 Å². The van der Waals surface area contributed by atoms with Crippen LogP contribution in [0.25, 0.3) is 0 Å². The Bertz CT molecular complexity index is 392. The Morgan fingerprint density at radius 2 is 2.27 bits per heavy atom. The molecule has 4 nitrogen and oxygen atoms in total. The minimum Gasteiger partial charge on any atom is -0.327 e. The zero-order valence-corrected chi connectivity index (χ0v) is 8.59. The van der Waals surface area contributed by atoms with Crippen LogP contribution in [0.1, 0.15) is 24.8 Å². The van der Waals surface area contributed by atoms with E-state index in [0.29, 0.717) is 11.8 Å². The molecule has 0 aromatic heterocycles. The summed E-state index contributed by atoms with van der Waals surface area (Å²) >= 11 is 0. The summed E-state index contributed by atoms with van der Waals surface area (Å²) in [6.07, 6.45) is 0.933. The molecule has 1 saturated carbocycles. The monoisotopic (exact) mass is 206 g/mol. The Hall–Kier alpha value is -1.42. The SMILES string of the molecule is CC1C(N)CC1c1cccc([N+](=O)[O-])c1. The Balaban J connectivity index is 2.23. The molecule has 2 rings (SSSR count). The van der Waals surface area contributed by atoms with Gasteiger partial charge < -0.3 is 5.73 Å². The van der Waals surface area contributed by atoms with Crippen LogP contribution in [0.3, 0.4) is 0 Å². The van der Waals surface area contributed by atoms with Crippen LogP contribution < -0.4 is 5.73 Å². The van der Waals surface area contributed by atoms with Gasteiger partial charge in [0.25, 0.3) is 5.69 Å². The molecular formula is C11H14N2O2. The van der Waals surface area contributed by atoms with Crippen molar-refractivity contribution in [2.75, 3.05) is 0 Å². The summed E-state index contributed by atoms with van der Waals surface area (Å²) in [5.41, 5.74) is 7.02. The zero-order chi connectivity index (χ0) is 11.0. The van der Waals surface area contributed by atoms with Crippen LogP contribution in [0.4, 0.5) is 5.69 Å². The molecule has 0 spiro atoms. The molecule has 1 aromatic carbocycles. The predicted molar refractivity (Wildman–Crippen MR) is 57.6 cm³/mol. The number of nitrogens with zero attached hydrogens (tertiary/aromatic N) is 1. The van der Waals surface area contributed by atoms with Crippen molar-refractivity contribution in [1.29, 1.82) is 0 Å². The average molecular weight is 206 g/mol. The maximum absolute atomic E-state index is 10.6. The van der Waals surface area contributed by atoms with E-state index in [2.05, 4.69) is 6.92 Å². The summed E-state index contributed by atoms with van der Waals surface area (Å²) in [7, 11) is 0. The average Bonchev–Trinajstić information content (AvgIpc) is 2.25. The van der Waals surface area contributed by atoms with Crippen LogP contribution in [0.15, 0.2) is 24.3 Å². The van der Waals surface area contributed by atoms with Crippen LogP contribution in [0.5, 0.6) is 0 Å². The fraction of sp³-hybridized carbons (Fsp3) is 0.455. The normalized spacial score (nSPS) is 29.6. The molecule has 0 bridgehead atoms. The third-order valence-electron chi connectivity index (χ3n) is 3.35. The van der Waals surface area contributed by atoms with Crippen molar-refractivity contribution in [2.45, 2.75) is 25.3 Å². The van der Waals surface area contributed by atoms with Gasteiger partial charge in [-0.25, -0.2) is 0 Å². The lowest BCUT2D eigenvalue weighted by Gasteiger charge is -2.40. The Morgan fingerprint density at radius 3 is 2.80 bits per heavy atom. The molecule has 0 amide bonds. The molecule has 15 heavy (non-hydrogen) atoms. The molecule has 4 heteroatoms. The summed E-state index contributed by atoms with van der Waals surface area (Å²) in [4.78, 5) is 10.3. The summed E-state index contributed by atoms with van der Waals surface area (Å²) in [6, 6.07) is 7.11. The number of benzene rings is 1. The van der Waals surface area contributed by atoms with Crippen molar-refractivity contribution in [2.24, 2.45) is 11.7 Å². The quantitative estimate of drug-likeness (QED) is 0.594. The molecule has 1 aliphatic rings. The zero-order valence-electron chi connectivity index (χ0n) is 8.59. The molecule has 0 radical (unpaired) electrons. The van der Waals surface area contributed by atoms with Gasteiger partial charge in [0.15, 0.2) is 0 Å². The van der Waals surface area contributed by atoms with Gasteiger partial charge in [-0.05, 0) is 23.8 Å². The summed E-state index contributed by atoms with van der Waals surface area (Å²) in [5.74, 6) is 0.812. The molecule has 1 aromatic rings. The number of hydrogen-bond acceptors (Lipinski definition) is 3. The van der Waals surface area contributed by atoms with Crippen LogP contribution in [0, 0.1) is 16.0 Å². The van der Waals surface area contributed by atoms with Gasteiger partial charge in [0.2, 0.25) is 0 Å². The fourth-order valence-electron chi connectivity index (χ4n) is 2.13. The van der Waals surface area contributed by atoms with Gasteiger partial charge in [0, 0.05) is 18.2 Å². The van der Waals surface area contributed by atoms with Gasteiger partial charge in [-0.3, -0.25) is 10.1 Å². The van der Waals surface area contributed by atoms with E-state index in [1.165, 1.54) is 6.07 Å². The molecule has 2 N–H and O–H groups in total. The van der Waals surface area contributed by atoms with E-state index in [1.807, 2.05) is 6.07 Å². The highest BCUT2D eigenvalue weighted by Crippen LogP contribution is 2.41. The van der Waals surface area contributed by atoms with Gasteiger partial charge >= 0.3 is 0 Å². The first-order chi connectivity index (χ1) is 7.09. The van der Waals surface area contributed by atoms with E-state index < -0.39 is 0 Å². The second-order valence-electron chi connectivity index (χ2n) is 4.22. The highest BCUT2D eigenvalue weighted by molar-refractivity contribution is 5.37. The molecule has 1 fully saturated rings. The molecule has 0 saturated heterocycles. The number of hydrogen-bond donors (Lipinski definition) is 1. The van der Waals surface area contributed by atoms with Crippen LogP contribution in [-0.4, -0.2) is 11.0 Å². The summed E-state index contributed by atoms with van der Waals surface area (Å²) in [6.45, 7) is 2.09. The maximum Gasteiger partial charge on any atom is 0.269 e. The maximum atomic E-state index is 10.6. The first-order valence-corrected chi connectivity index (χ1v) is 5.09. The molecular weight excluding hydrogens is 192 g/mol. The van der Waals surface area contributed by atoms with Gasteiger partial charge in [0.05, 0.1) is 4.92 Å². The minimum absolute atomic E-state index is 0.167. The predicted octanol–water partition coefficient (Wildman–Crippen LogP) is 2.05. The Kier molecular flexibility index (Phi) is 2.44. The van der Waals surface area contributed by atoms with Gasteiger partial charge in [-0.2, -0.15) is 0 Å². The van der Waals surface area contributed by atoms with Crippen molar-refractivity contribution in [3.05, 3.63) is 39.9 Å². The van der Waals surface area contributed by atoms with E-state index in [-0.39, 0.29) is 16.7 Å². The largest absolute Gasteiger partial charge is 0.327 e. The van der Waals surface area contributed by atoms with E-state index in [1.54, 1.807) is 12.1 Å². The second kappa shape index (κ2) is 3.62. The number of rotatable bonds is 2. The standard InChI is InChI=1S/C11H14N2O2/c1-7-10(6-11(7)12)8-3-2-4-9(5-8)13(14)15/h2-5,7,10-11H,6,12H2,1H3. The number of nitrogens with two attached hydrogens (primary N) is 1. The van der Waals surface area contributed by atoms with Crippen molar-refractivity contribution >= 4 is 5.69 Å². The lowest BCUT2D eigenvalue weighted by Crippen LogP contribution is -2.44. The highest BCUT2D eigenvalue weighted by atomic mass is 16.6. The number of nitro groups is 1. The van der Waals surface area contributed by atoms with E-state index >= 15 is 0 Å². The minimum atomic E-state index is -0.354. The summed E-state index contributed by atoms with van der Waals surface area (Å²) < 4.78 is 0. The smallest absolute Gasteiger partial charge is 0.269 e. The first kappa shape index (κ1) is 10.1. The van der Waals surface area contributed by atoms with E-state index in [9.17, 15) is 10.1 Å². The van der Waals surface area contributed by atoms with Gasteiger partial charge in [-0.15, -0.1) is 0 Å². The lowest BCUT2D eigenvalue weighted by atomic mass is 9.67. The molecule has 80 valence electrons. The van der Waals surface area contributed by atoms with Gasteiger partial charge in [0.1, 0.15) is 0 Å². The van der Waals surface area contributed by atoms with Crippen LogP contribution >= 0.6 is 0 Å². The van der Waals surface area contributed by atoms with Crippen molar-refractivity contribution in [3.8, 4) is 0 Å². The van der Waals surface area contributed by atoms with Crippen molar-refractivity contribution in [1.82, 2.24) is 0 Å².